The van der Waals surface area contributed by atoms with Crippen LogP contribution in [0.4, 0.5) is 4.39 Å². The molecule has 2 rings (SSSR count). The number of aryl methyl sites for hydroxylation is 1. The first kappa shape index (κ1) is 14.4. The molecule has 0 aliphatic heterocycles. The number of nitrogens with one attached hydrogen (secondary N) is 2. The van der Waals surface area contributed by atoms with Gasteiger partial charge in [-0.1, -0.05) is 6.42 Å². The predicted molar refractivity (Wildman–Crippen MR) is 71.9 cm³/mol. The molecule has 106 valence electrons. The van der Waals surface area contributed by atoms with Crippen LogP contribution in [-0.4, -0.2) is 21.5 Å². The van der Waals surface area contributed by atoms with Crippen molar-refractivity contribution in [1.82, 2.24) is 10.0 Å². The van der Waals surface area contributed by atoms with Crippen molar-refractivity contribution in [3.63, 3.8) is 0 Å². The summed E-state index contributed by atoms with van der Waals surface area (Å²) >= 11 is 0. The average Bonchev–Trinajstić information content (AvgIpc) is 2.30. The SMILES string of the molecule is CNCc1cc(S(=O)(=O)NC2CCC2)cc(C)c1F. The molecular weight excluding hydrogens is 267 g/mol. The molecule has 1 aromatic rings. The van der Waals surface area contributed by atoms with Crippen molar-refractivity contribution in [2.24, 2.45) is 0 Å². The van der Waals surface area contributed by atoms with E-state index >= 15 is 0 Å². The molecule has 0 amide bonds. The fourth-order valence-corrected chi connectivity index (χ4v) is 3.53. The minimum atomic E-state index is -3.54. The van der Waals surface area contributed by atoms with Crippen LogP contribution in [0.1, 0.15) is 30.4 Å². The number of benzene rings is 1. The summed E-state index contributed by atoms with van der Waals surface area (Å²) in [6.07, 6.45) is 2.81. The summed E-state index contributed by atoms with van der Waals surface area (Å²) in [5.41, 5.74) is 0.721. The average molecular weight is 286 g/mol. The summed E-state index contributed by atoms with van der Waals surface area (Å²) in [5, 5.41) is 2.84. The van der Waals surface area contributed by atoms with Gasteiger partial charge in [-0.2, -0.15) is 0 Å². The molecule has 0 unspecified atom stereocenters. The normalized spacial score (nSPS) is 16.4. The molecule has 2 N–H and O–H groups in total. The summed E-state index contributed by atoms with van der Waals surface area (Å²) in [6, 6.07) is 2.82. The molecule has 0 radical (unpaired) electrons. The third-order valence-electron chi connectivity index (χ3n) is 3.41. The van der Waals surface area contributed by atoms with Gasteiger partial charge in [0, 0.05) is 18.2 Å². The summed E-state index contributed by atoms with van der Waals surface area (Å²) < 4.78 is 40.9. The van der Waals surface area contributed by atoms with E-state index in [0.29, 0.717) is 17.7 Å². The Labute approximate surface area is 113 Å². The maximum Gasteiger partial charge on any atom is 0.240 e. The fourth-order valence-electron chi connectivity index (χ4n) is 2.09. The molecule has 4 nitrogen and oxygen atoms in total. The highest BCUT2D eigenvalue weighted by atomic mass is 32.2. The fraction of sp³-hybridized carbons (Fsp3) is 0.538. The monoisotopic (exact) mass is 286 g/mol. The molecule has 0 spiro atoms. The van der Waals surface area contributed by atoms with Crippen molar-refractivity contribution < 1.29 is 12.8 Å². The topological polar surface area (TPSA) is 58.2 Å². The van der Waals surface area contributed by atoms with Crippen LogP contribution in [0.5, 0.6) is 0 Å². The summed E-state index contributed by atoms with van der Waals surface area (Å²) in [4.78, 5) is 0.142. The number of rotatable bonds is 5. The lowest BCUT2D eigenvalue weighted by Gasteiger charge is -2.26. The van der Waals surface area contributed by atoms with Crippen molar-refractivity contribution in [1.29, 1.82) is 0 Å². The lowest BCUT2D eigenvalue weighted by molar-refractivity contribution is 0.383. The Morgan fingerprint density at radius 2 is 2.05 bits per heavy atom. The van der Waals surface area contributed by atoms with E-state index in [-0.39, 0.29) is 16.8 Å². The van der Waals surface area contributed by atoms with E-state index < -0.39 is 10.0 Å². The van der Waals surface area contributed by atoms with Gasteiger partial charge in [0.05, 0.1) is 4.90 Å². The standard InChI is InChI=1S/C13H19FN2O2S/c1-9-6-12(7-10(8-15-2)13(9)14)19(17,18)16-11-4-3-5-11/h6-7,11,15-16H,3-5,8H2,1-2H3. The van der Waals surface area contributed by atoms with Crippen molar-refractivity contribution in [2.45, 2.75) is 43.7 Å². The van der Waals surface area contributed by atoms with Crippen LogP contribution < -0.4 is 10.0 Å². The smallest absolute Gasteiger partial charge is 0.240 e. The molecule has 1 aliphatic rings. The highest BCUT2D eigenvalue weighted by Gasteiger charge is 2.25. The Balaban J connectivity index is 2.32. The van der Waals surface area contributed by atoms with Gasteiger partial charge in [-0.25, -0.2) is 17.5 Å². The Bertz CT molecular complexity index is 568. The number of sulfonamides is 1. The van der Waals surface area contributed by atoms with Crippen LogP contribution >= 0.6 is 0 Å². The van der Waals surface area contributed by atoms with Crippen LogP contribution in [0.25, 0.3) is 0 Å². The zero-order chi connectivity index (χ0) is 14.0. The molecular formula is C13H19FN2O2S. The Kier molecular flexibility index (Phi) is 4.23. The predicted octanol–water partition coefficient (Wildman–Crippen LogP) is 1.68. The third kappa shape index (κ3) is 3.13. The Morgan fingerprint density at radius 3 is 2.58 bits per heavy atom. The van der Waals surface area contributed by atoms with Crippen molar-refractivity contribution in [3.8, 4) is 0 Å². The van der Waals surface area contributed by atoms with Crippen LogP contribution in [0.15, 0.2) is 17.0 Å². The van der Waals surface area contributed by atoms with Crippen LogP contribution in [-0.2, 0) is 16.6 Å². The molecule has 0 atom stereocenters. The first-order valence-electron chi connectivity index (χ1n) is 6.40. The van der Waals surface area contributed by atoms with Gasteiger partial charge >= 0.3 is 0 Å². The highest BCUT2D eigenvalue weighted by molar-refractivity contribution is 7.89. The van der Waals surface area contributed by atoms with Gasteiger partial charge in [0.25, 0.3) is 0 Å². The lowest BCUT2D eigenvalue weighted by atomic mass is 9.94. The van der Waals surface area contributed by atoms with E-state index in [0.717, 1.165) is 19.3 Å². The summed E-state index contributed by atoms with van der Waals surface area (Å²) in [6.45, 7) is 1.89. The maximum absolute atomic E-state index is 13.8. The second-order valence-corrected chi connectivity index (χ2v) is 6.71. The first-order chi connectivity index (χ1) is 8.94. The molecule has 0 aromatic heterocycles. The molecule has 0 heterocycles. The second kappa shape index (κ2) is 5.56. The van der Waals surface area contributed by atoms with E-state index in [2.05, 4.69) is 10.0 Å². The summed E-state index contributed by atoms with van der Waals surface area (Å²) in [7, 11) is -1.85. The van der Waals surface area contributed by atoms with Gasteiger partial charge in [0.2, 0.25) is 10.0 Å². The van der Waals surface area contributed by atoms with Crippen molar-refractivity contribution >= 4 is 10.0 Å². The Morgan fingerprint density at radius 1 is 1.37 bits per heavy atom. The molecule has 0 bridgehead atoms. The van der Waals surface area contributed by atoms with Crippen LogP contribution in [0.3, 0.4) is 0 Å². The van der Waals surface area contributed by atoms with E-state index in [1.165, 1.54) is 12.1 Å². The molecule has 0 saturated heterocycles. The zero-order valence-electron chi connectivity index (χ0n) is 11.2. The molecule has 1 aromatic carbocycles. The molecule has 1 saturated carbocycles. The minimum Gasteiger partial charge on any atom is -0.316 e. The summed E-state index contributed by atoms with van der Waals surface area (Å²) in [5.74, 6) is -0.350. The quantitative estimate of drug-likeness (QED) is 0.866. The van der Waals surface area contributed by atoms with Crippen LogP contribution in [0, 0.1) is 12.7 Å². The highest BCUT2D eigenvalue weighted by Crippen LogP contribution is 2.23. The van der Waals surface area contributed by atoms with Gasteiger partial charge in [0.1, 0.15) is 5.82 Å². The van der Waals surface area contributed by atoms with Gasteiger partial charge < -0.3 is 5.32 Å². The van der Waals surface area contributed by atoms with Crippen LogP contribution in [0.2, 0.25) is 0 Å². The second-order valence-electron chi connectivity index (χ2n) is 4.99. The van der Waals surface area contributed by atoms with Gasteiger partial charge in [-0.15, -0.1) is 0 Å². The van der Waals surface area contributed by atoms with E-state index in [4.69, 9.17) is 0 Å². The maximum atomic E-state index is 13.8. The third-order valence-corrected chi connectivity index (χ3v) is 4.91. The Hall–Kier alpha value is -0.980. The largest absolute Gasteiger partial charge is 0.316 e. The molecule has 6 heteroatoms. The number of halogens is 1. The lowest BCUT2D eigenvalue weighted by Crippen LogP contribution is -2.39. The zero-order valence-corrected chi connectivity index (χ0v) is 12.0. The van der Waals surface area contributed by atoms with E-state index in [1.807, 2.05) is 0 Å². The van der Waals surface area contributed by atoms with Gasteiger partial charge in [-0.05, 0) is 44.5 Å². The molecule has 1 aliphatic carbocycles. The van der Waals surface area contributed by atoms with Crippen molar-refractivity contribution in [2.75, 3.05) is 7.05 Å². The van der Waals surface area contributed by atoms with E-state index in [1.54, 1.807) is 14.0 Å². The van der Waals surface area contributed by atoms with E-state index in [9.17, 15) is 12.8 Å². The van der Waals surface area contributed by atoms with Gasteiger partial charge in [0.15, 0.2) is 0 Å². The molecule has 1 fully saturated rings. The minimum absolute atomic E-state index is 0.0307. The van der Waals surface area contributed by atoms with Gasteiger partial charge in [-0.3, -0.25) is 0 Å². The van der Waals surface area contributed by atoms with Crippen molar-refractivity contribution in [3.05, 3.63) is 29.1 Å². The molecule has 19 heavy (non-hydrogen) atoms. The first-order valence-corrected chi connectivity index (χ1v) is 7.88. The number of hydrogen-bond donors (Lipinski definition) is 2. The number of hydrogen-bond acceptors (Lipinski definition) is 3.